The van der Waals surface area contributed by atoms with Crippen molar-refractivity contribution in [3.63, 3.8) is 0 Å². The summed E-state index contributed by atoms with van der Waals surface area (Å²) in [6, 6.07) is 16.0. The highest BCUT2D eigenvalue weighted by atomic mass is 35.5. The topological polar surface area (TPSA) is 52.6 Å². The molecule has 1 heterocycles. The molecule has 0 bridgehead atoms. The molecule has 29 heavy (non-hydrogen) atoms. The van der Waals surface area contributed by atoms with Gasteiger partial charge in [-0.2, -0.15) is 0 Å². The van der Waals surface area contributed by atoms with Crippen molar-refractivity contribution in [2.75, 3.05) is 0 Å². The van der Waals surface area contributed by atoms with Crippen LogP contribution in [0.2, 0.25) is 15.1 Å². The summed E-state index contributed by atoms with van der Waals surface area (Å²) in [6.45, 7) is 0. The zero-order chi connectivity index (χ0) is 20.5. The Labute approximate surface area is 181 Å². The maximum absolute atomic E-state index is 12.6. The number of carbonyl (C=O) groups is 2. The molecular formula is C22H11Cl3O4. The summed E-state index contributed by atoms with van der Waals surface area (Å²) in [4.78, 5) is 24.9. The SMILES string of the molecule is O=C(Oc1ccc2c(c1)OC(=Cc1ccc(Cl)cc1Cl)C2=O)c1ccccc1Cl. The molecule has 0 unspecified atom stereocenters. The Morgan fingerprint density at radius 1 is 0.931 bits per heavy atom. The van der Waals surface area contributed by atoms with Crippen LogP contribution < -0.4 is 9.47 Å². The van der Waals surface area contributed by atoms with Gasteiger partial charge in [0, 0.05) is 16.1 Å². The largest absolute Gasteiger partial charge is 0.452 e. The van der Waals surface area contributed by atoms with E-state index < -0.39 is 5.97 Å². The molecule has 0 fully saturated rings. The molecule has 4 nitrogen and oxygen atoms in total. The lowest BCUT2D eigenvalue weighted by Crippen LogP contribution is -2.09. The highest BCUT2D eigenvalue weighted by molar-refractivity contribution is 6.35. The average molecular weight is 446 g/mol. The molecule has 144 valence electrons. The number of rotatable bonds is 3. The van der Waals surface area contributed by atoms with E-state index in [0.717, 1.165) is 0 Å². The summed E-state index contributed by atoms with van der Waals surface area (Å²) in [5, 5.41) is 1.17. The Balaban J connectivity index is 1.58. The van der Waals surface area contributed by atoms with Gasteiger partial charge in [0.25, 0.3) is 0 Å². The molecular weight excluding hydrogens is 435 g/mol. The molecule has 3 aromatic carbocycles. The molecule has 7 heteroatoms. The van der Waals surface area contributed by atoms with Crippen LogP contribution in [0, 0.1) is 0 Å². The Morgan fingerprint density at radius 2 is 1.72 bits per heavy atom. The first kappa shape index (κ1) is 19.5. The molecule has 0 atom stereocenters. The first-order valence-corrected chi connectivity index (χ1v) is 9.56. The molecule has 4 rings (SSSR count). The Bertz CT molecular complexity index is 1180. The minimum absolute atomic E-state index is 0.110. The summed E-state index contributed by atoms with van der Waals surface area (Å²) in [7, 11) is 0. The number of allylic oxidation sites excluding steroid dienone is 1. The molecule has 0 amide bonds. The second kappa shape index (κ2) is 7.91. The summed E-state index contributed by atoms with van der Waals surface area (Å²) in [5.41, 5.74) is 1.20. The summed E-state index contributed by atoms with van der Waals surface area (Å²) in [5.74, 6) is -0.277. The van der Waals surface area contributed by atoms with Gasteiger partial charge >= 0.3 is 5.97 Å². The fraction of sp³-hybridized carbons (Fsp3) is 0. The highest BCUT2D eigenvalue weighted by Gasteiger charge is 2.28. The van der Waals surface area contributed by atoms with Crippen molar-refractivity contribution < 1.29 is 19.1 Å². The van der Waals surface area contributed by atoms with Gasteiger partial charge in [-0.25, -0.2) is 4.79 Å². The number of benzene rings is 3. The van der Waals surface area contributed by atoms with Crippen LogP contribution in [-0.2, 0) is 0 Å². The third-order valence-electron chi connectivity index (χ3n) is 4.19. The number of fused-ring (bicyclic) bond motifs is 1. The molecule has 0 saturated heterocycles. The van der Waals surface area contributed by atoms with E-state index in [1.165, 1.54) is 24.3 Å². The molecule has 0 aliphatic carbocycles. The van der Waals surface area contributed by atoms with Crippen LogP contribution in [-0.4, -0.2) is 11.8 Å². The lowest BCUT2D eigenvalue weighted by molar-refractivity contribution is 0.0734. The maximum atomic E-state index is 12.6. The van der Waals surface area contributed by atoms with E-state index in [-0.39, 0.29) is 33.6 Å². The quantitative estimate of drug-likeness (QED) is 0.263. The molecule has 0 radical (unpaired) electrons. The second-order valence-corrected chi connectivity index (χ2v) is 7.38. The lowest BCUT2D eigenvalue weighted by atomic mass is 10.1. The zero-order valence-corrected chi connectivity index (χ0v) is 16.9. The van der Waals surface area contributed by atoms with Crippen molar-refractivity contribution in [2.45, 2.75) is 0 Å². The van der Waals surface area contributed by atoms with Crippen LogP contribution in [0.5, 0.6) is 11.5 Å². The zero-order valence-electron chi connectivity index (χ0n) is 14.6. The van der Waals surface area contributed by atoms with Crippen LogP contribution in [0.1, 0.15) is 26.3 Å². The predicted octanol–water partition coefficient (Wildman–Crippen LogP) is 6.48. The van der Waals surface area contributed by atoms with E-state index in [9.17, 15) is 9.59 Å². The smallest absolute Gasteiger partial charge is 0.345 e. The van der Waals surface area contributed by atoms with E-state index >= 15 is 0 Å². The average Bonchev–Trinajstić information content (AvgIpc) is 2.99. The fourth-order valence-corrected chi connectivity index (χ4v) is 3.46. The maximum Gasteiger partial charge on any atom is 0.345 e. The second-order valence-electron chi connectivity index (χ2n) is 6.13. The van der Waals surface area contributed by atoms with Gasteiger partial charge in [-0.1, -0.05) is 53.0 Å². The van der Waals surface area contributed by atoms with Gasteiger partial charge in [-0.05, 0) is 48.0 Å². The molecule has 3 aromatic rings. The van der Waals surface area contributed by atoms with Crippen molar-refractivity contribution in [3.05, 3.63) is 98.2 Å². The van der Waals surface area contributed by atoms with Crippen molar-refractivity contribution in [1.82, 2.24) is 0 Å². The van der Waals surface area contributed by atoms with Crippen LogP contribution in [0.4, 0.5) is 0 Å². The number of halogens is 3. The third-order valence-corrected chi connectivity index (χ3v) is 5.09. The number of hydrogen-bond donors (Lipinski definition) is 0. The Kier molecular flexibility index (Phi) is 5.33. The van der Waals surface area contributed by atoms with Crippen molar-refractivity contribution in [1.29, 1.82) is 0 Å². The van der Waals surface area contributed by atoms with Gasteiger partial charge in [-0.3, -0.25) is 4.79 Å². The van der Waals surface area contributed by atoms with E-state index in [1.54, 1.807) is 42.5 Å². The van der Waals surface area contributed by atoms with Crippen molar-refractivity contribution in [2.24, 2.45) is 0 Å². The number of Topliss-reactive ketones (excluding diaryl/α,β-unsaturated/α-hetero) is 1. The molecule has 1 aliphatic heterocycles. The highest BCUT2D eigenvalue weighted by Crippen LogP contribution is 2.36. The number of carbonyl (C=O) groups excluding carboxylic acids is 2. The normalized spacial score (nSPS) is 13.9. The molecule has 1 aliphatic rings. The Morgan fingerprint density at radius 3 is 2.48 bits per heavy atom. The standard InChI is InChI=1S/C22H11Cl3O4/c23-13-6-5-12(18(25)10-13)9-20-21(26)16-8-7-14(11-19(16)29-20)28-22(27)15-3-1-2-4-17(15)24/h1-11H. The van der Waals surface area contributed by atoms with Gasteiger partial charge in [0.1, 0.15) is 11.5 Å². The van der Waals surface area contributed by atoms with E-state index in [0.29, 0.717) is 21.2 Å². The van der Waals surface area contributed by atoms with E-state index in [2.05, 4.69) is 0 Å². The summed E-state index contributed by atoms with van der Waals surface area (Å²) < 4.78 is 11.0. The van der Waals surface area contributed by atoms with Crippen LogP contribution in [0.25, 0.3) is 6.08 Å². The minimum Gasteiger partial charge on any atom is -0.452 e. The van der Waals surface area contributed by atoms with Gasteiger partial charge in [0.15, 0.2) is 5.76 Å². The predicted molar refractivity (Wildman–Crippen MR) is 112 cm³/mol. The van der Waals surface area contributed by atoms with Crippen LogP contribution >= 0.6 is 34.8 Å². The monoisotopic (exact) mass is 444 g/mol. The van der Waals surface area contributed by atoms with Gasteiger partial charge in [0.2, 0.25) is 5.78 Å². The van der Waals surface area contributed by atoms with Gasteiger partial charge < -0.3 is 9.47 Å². The summed E-state index contributed by atoms with van der Waals surface area (Å²) >= 11 is 18.1. The number of hydrogen-bond acceptors (Lipinski definition) is 4. The molecule has 0 N–H and O–H groups in total. The number of ether oxygens (including phenoxy) is 2. The molecule has 0 spiro atoms. The molecule has 0 saturated carbocycles. The van der Waals surface area contributed by atoms with Crippen LogP contribution in [0.15, 0.2) is 66.4 Å². The number of esters is 1. The van der Waals surface area contributed by atoms with Crippen molar-refractivity contribution >= 4 is 52.6 Å². The van der Waals surface area contributed by atoms with E-state index in [4.69, 9.17) is 44.3 Å². The number of ketones is 1. The lowest BCUT2D eigenvalue weighted by Gasteiger charge is -2.06. The first-order valence-electron chi connectivity index (χ1n) is 8.42. The van der Waals surface area contributed by atoms with Gasteiger partial charge in [0.05, 0.1) is 16.1 Å². The summed E-state index contributed by atoms with van der Waals surface area (Å²) in [6.07, 6.45) is 1.54. The fourth-order valence-electron chi connectivity index (χ4n) is 2.78. The Hall–Kier alpha value is -2.79. The minimum atomic E-state index is -0.608. The van der Waals surface area contributed by atoms with Gasteiger partial charge in [-0.15, -0.1) is 0 Å². The first-order chi connectivity index (χ1) is 13.9. The van der Waals surface area contributed by atoms with E-state index in [1.807, 2.05) is 0 Å². The molecule has 0 aromatic heterocycles. The van der Waals surface area contributed by atoms with Crippen molar-refractivity contribution in [3.8, 4) is 11.5 Å². The third kappa shape index (κ3) is 4.01. The van der Waals surface area contributed by atoms with Crippen LogP contribution in [0.3, 0.4) is 0 Å².